The number of alkyl halides is 4. The minimum atomic E-state index is -4.61. The Kier molecular flexibility index (Phi) is 7.12. The molecule has 1 aromatic carbocycles. The number of nitriles is 1. The molecule has 2 atom stereocenters. The SMILES string of the molecule is N#Cc1nn(CCF)cc1C(=O)N[C@@H]1CCC[C@H](Nc2cc(C(F)(F)F)nc3ccc(Cl)cc23)C1. The maximum Gasteiger partial charge on any atom is 0.433 e. The molecule has 1 amide bonds. The summed E-state index contributed by atoms with van der Waals surface area (Å²) in [6.07, 6.45) is -0.740. The van der Waals surface area contributed by atoms with Crippen molar-refractivity contribution in [1.82, 2.24) is 20.1 Å². The van der Waals surface area contributed by atoms with E-state index < -0.39 is 24.5 Å². The number of fused-ring (bicyclic) bond motifs is 1. The zero-order chi connectivity index (χ0) is 25.2. The largest absolute Gasteiger partial charge is 0.433 e. The molecule has 4 rings (SSSR count). The number of amides is 1. The van der Waals surface area contributed by atoms with Crippen LogP contribution in [0.1, 0.15) is 47.4 Å². The van der Waals surface area contributed by atoms with Gasteiger partial charge < -0.3 is 10.6 Å². The molecule has 0 bridgehead atoms. The predicted octanol–water partition coefficient (Wildman–Crippen LogP) is 5.10. The third-order valence-corrected chi connectivity index (χ3v) is 6.09. The summed E-state index contributed by atoms with van der Waals surface area (Å²) in [5, 5.41) is 20.0. The number of pyridine rings is 1. The number of carbonyl (C=O) groups excluding carboxylic acids is 1. The molecule has 0 radical (unpaired) electrons. The third-order valence-electron chi connectivity index (χ3n) is 5.86. The van der Waals surface area contributed by atoms with E-state index in [0.717, 1.165) is 12.5 Å². The zero-order valence-electron chi connectivity index (χ0n) is 18.4. The van der Waals surface area contributed by atoms with Crippen LogP contribution < -0.4 is 10.6 Å². The van der Waals surface area contributed by atoms with E-state index in [0.29, 0.717) is 29.7 Å². The van der Waals surface area contributed by atoms with E-state index >= 15 is 0 Å². The summed E-state index contributed by atoms with van der Waals surface area (Å²) in [6.45, 7) is -0.754. The molecule has 184 valence electrons. The fourth-order valence-electron chi connectivity index (χ4n) is 4.27. The molecular formula is C23H21ClF4N6O. The average molecular weight is 509 g/mol. The Hall–Kier alpha value is -3.39. The van der Waals surface area contributed by atoms with Crippen LogP contribution in [0.4, 0.5) is 23.2 Å². The summed E-state index contributed by atoms with van der Waals surface area (Å²) in [6, 6.07) is 6.80. The summed E-state index contributed by atoms with van der Waals surface area (Å²) < 4.78 is 54.1. The van der Waals surface area contributed by atoms with Gasteiger partial charge >= 0.3 is 6.18 Å². The van der Waals surface area contributed by atoms with Gasteiger partial charge in [0.25, 0.3) is 5.91 Å². The van der Waals surface area contributed by atoms with Gasteiger partial charge in [-0.25, -0.2) is 9.37 Å². The maximum atomic E-state index is 13.4. The van der Waals surface area contributed by atoms with Crippen LogP contribution in [0.2, 0.25) is 5.02 Å². The molecule has 0 spiro atoms. The lowest BCUT2D eigenvalue weighted by Crippen LogP contribution is -2.42. The highest BCUT2D eigenvalue weighted by molar-refractivity contribution is 6.31. The van der Waals surface area contributed by atoms with Gasteiger partial charge in [0.1, 0.15) is 18.4 Å². The molecule has 1 aliphatic carbocycles. The number of rotatable bonds is 6. The highest BCUT2D eigenvalue weighted by Gasteiger charge is 2.34. The number of aryl methyl sites for hydroxylation is 1. The van der Waals surface area contributed by atoms with Crippen LogP contribution in [0.25, 0.3) is 10.9 Å². The number of anilines is 1. The Balaban J connectivity index is 1.52. The molecule has 0 saturated heterocycles. The van der Waals surface area contributed by atoms with Gasteiger partial charge in [0.15, 0.2) is 5.69 Å². The predicted molar refractivity (Wildman–Crippen MR) is 122 cm³/mol. The fourth-order valence-corrected chi connectivity index (χ4v) is 4.44. The Labute approximate surface area is 203 Å². The second-order valence-corrected chi connectivity index (χ2v) is 8.78. The highest BCUT2D eigenvalue weighted by atomic mass is 35.5. The number of carbonyl (C=O) groups is 1. The van der Waals surface area contributed by atoms with Crippen LogP contribution in [0.3, 0.4) is 0 Å². The minimum Gasteiger partial charge on any atom is -0.382 e. The van der Waals surface area contributed by atoms with Gasteiger partial charge in [-0.05, 0) is 49.9 Å². The number of nitrogens with zero attached hydrogens (tertiary/aromatic N) is 4. The second-order valence-electron chi connectivity index (χ2n) is 8.35. The van der Waals surface area contributed by atoms with E-state index in [4.69, 9.17) is 11.6 Å². The van der Waals surface area contributed by atoms with Crippen LogP contribution in [-0.4, -0.2) is 39.4 Å². The summed E-state index contributed by atoms with van der Waals surface area (Å²) in [5.74, 6) is -0.502. The number of halogens is 5. The first-order valence-corrected chi connectivity index (χ1v) is 11.3. The molecule has 2 N–H and O–H groups in total. The van der Waals surface area contributed by atoms with Crippen molar-refractivity contribution in [3.63, 3.8) is 0 Å². The van der Waals surface area contributed by atoms with Gasteiger partial charge in [-0.3, -0.25) is 9.48 Å². The van der Waals surface area contributed by atoms with E-state index in [-0.39, 0.29) is 41.1 Å². The van der Waals surface area contributed by atoms with Gasteiger partial charge in [-0.15, -0.1) is 0 Å². The Bertz CT molecular complexity index is 1290. The highest BCUT2D eigenvalue weighted by Crippen LogP contribution is 2.35. The van der Waals surface area contributed by atoms with Crippen molar-refractivity contribution in [2.24, 2.45) is 0 Å². The molecule has 0 unspecified atom stereocenters. The molecular weight excluding hydrogens is 488 g/mol. The van der Waals surface area contributed by atoms with Crippen LogP contribution >= 0.6 is 11.6 Å². The molecule has 1 aliphatic rings. The molecule has 2 aromatic heterocycles. The van der Waals surface area contributed by atoms with Crippen molar-refractivity contribution in [3.8, 4) is 6.07 Å². The topological polar surface area (TPSA) is 95.6 Å². The van der Waals surface area contributed by atoms with Crippen molar-refractivity contribution < 1.29 is 22.4 Å². The van der Waals surface area contributed by atoms with Crippen molar-refractivity contribution >= 4 is 34.1 Å². The smallest absolute Gasteiger partial charge is 0.382 e. The van der Waals surface area contributed by atoms with E-state index in [1.807, 2.05) is 6.07 Å². The number of aromatic nitrogens is 3. The van der Waals surface area contributed by atoms with Crippen LogP contribution in [0.5, 0.6) is 0 Å². The van der Waals surface area contributed by atoms with Gasteiger partial charge in [0, 0.05) is 34.4 Å². The van der Waals surface area contributed by atoms with E-state index in [2.05, 4.69) is 20.7 Å². The van der Waals surface area contributed by atoms with Crippen LogP contribution in [0.15, 0.2) is 30.5 Å². The van der Waals surface area contributed by atoms with Gasteiger partial charge in [0.2, 0.25) is 0 Å². The number of hydrogen-bond donors (Lipinski definition) is 2. The number of nitrogens with one attached hydrogen (secondary N) is 2. The summed E-state index contributed by atoms with van der Waals surface area (Å²) in [5.41, 5.74) is -0.616. The summed E-state index contributed by atoms with van der Waals surface area (Å²) in [7, 11) is 0. The van der Waals surface area contributed by atoms with Crippen molar-refractivity contribution in [1.29, 1.82) is 5.26 Å². The summed E-state index contributed by atoms with van der Waals surface area (Å²) >= 11 is 6.07. The molecule has 2 heterocycles. The van der Waals surface area contributed by atoms with E-state index in [1.54, 1.807) is 6.07 Å². The van der Waals surface area contributed by atoms with Gasteiger partial charge in [0.05, 0.1) is 17.6 Å². The number of benzene rings is 1. The molecule has 1 saturated carbocycles. The lowest BCUT2D eigenvalue weighted by Gasteiger charge is -2.31. The first-order chi connectivity index (χ1) is 16.7. The fraction of sp³-hybridized carbons (Fsp3) is 0.391. The Morgan fingerprint density at radius 2 is 2.03 bits per heavy atom. The Morgan fingerprint density at radius 1 is 1.26 bits per heavy atom. The third kappa shape index (κ3) is 5.65. The van der Waals surface area contributed by atoms with Gasteiger partial charge in [-0.2, -0.15) is 23.5 Å². The van der Waals surface area contributed by atoms with Crippen molar-refractivity contribution in [2.75, 3.05) is 12.0 Å². The van der Waals surface area contributed by atoms with Gasteiger partial charge in [-0.1, -0.05) is 11.6 Å². The van der Waals surface area contributed by atoms with Crippen molar-refractivity contribution in [2.45, 2.75) is 50.5 Å². The molecule has 7 nitrogen and oxygen atoms in total. The summed E-state index contributed by atoms with van der Waals surface area (Å²) in [4.78, 5) is 16.5. The first kappa shape index (κ1) is 24.7. The number of hydrogen-bond acceptors (Lipinski definition) is 5. The molecule has 35 heavy (non-hydrogen) atoms. The standard InChI is InChI=1S/C23H21ClF4N6O/c24-13-4-5-18-16(8-13)19(10-21(32-18)23(26,27)28)30-14-2-1-3-15(9-14)31-22(35)17-12-34(7-6-25)33-20(17)11-29/h4-5,8,10,12,14-15H,1-3,6-7,9H2,(H,30,32)(H,31,35)/t14-,15+/m0/s1. The molecule has 1 fully saturated rings. The molecule has 3 aromatic rings. The molecule has 12 heteroatoms. The van der Waals surface area contributed by atoms with Crippen LogP contribution in [0, 0.1) is 11.3 Å². The van der Waals surface area contributed by atoms with E-state index in [9.17, 15) is 27.6 Å². The van der Waals surface area contributed by atoms with E-state index in [1.165, 1.54) is 23.0 Å². The monoisotopic (exact) mass is 508 g/mol. The average Bonchev–Trinajstić information content (AvgIpc) is 3.22. The van der Waals surface area contributed by atoms with Crippen LogP contribution in [-0.2, 0) is 12.7 Å². The zero-order valence-corrected chi connectivity index (χ0v) is 19.1. The quantitative estimate of drug-likeness (QED) is 0.452. The maximum absolute atomic E-state index is 13.4. The first-order valence-electron chi connectivity index (χ1n) is 11.0. The minimum absolute atomic E-state index is 0.0561. The van der Waals surface area contributed by atoms with Crippen molar-refractivity contribution in [3.05, 3.63) is 52.4 Å². The molecule has 0 aliphatic heterocycles. The second kappa shape index (κ2) is 10.1. The lowest BCUT2D eigenvalue weighted by molar-refractivity contribution is -0.140. The Morgan fingerprint density at radius 3 is 2.74 bits per heavy atom. The lowest BCUT2D eigenvalue weighted by atomic mass is 9.90. The normalized spacial score (nSPS) is 18.3.